The van der Waals surface area contributed by atoms with Crippen molar-refractivity contribution in [1.29, 1.82) is 0 Å². The Labute approximate surface area is 58.1 Å². The fourth-order valence-electron chi connectivity index (χ4n) is 0.749. The molecular formula is C8H15N. The maximum absolute atomic E-state index is 5.10. The predicted octanol–water partition coefficient (Wildman–Crippen LogP) is 1.35. The van der Waals surface area contributed by atoms with E-state index in [-0.39, 0.29) is 0 Å². The van der Waals surface area contributed by atoms with Crippen LogP contribution in [0.2, 0.25) is 0 Å². The Hall–Kier alpha value is -0.480. The summed E-state index contributed by atoms with van der Waals surface area (Å²) < 4.78 is 0. The Morgan fingerprint density at radius 3 is 2.56 bits per heavy atom. The lowest BCUT2D eigenvalue weighted by molar-refractivity contribution is 0.343. The van der Waals surface area contributed by atoms with Crippen LogP contribution in [-0.2, 0) is 0 Å². The molecule has 0 radical (unpaired) electrons. The highest BCUT2D eigenvalue weighted by atomic mass is 15.1. The molecule has 0 heterocycles. The summed E-state index contributed by atoms with van der Waals surface area (Å²) in [5, 5.41) is 0. The van der Waals surface area contributed by atoms with E-state index in [1.165, 1.54) is 6.42 Å². The average Bonchev–Trinajstić information content (AvgIpc) is 1.85. The molecule has 0 bridgehead atoms. The minimum atomic E-state index is 0.872. The van der Waals surface area contributed by atoms with E-state index in [0.29, 0.717) is 0 Å². The summed E-state index contributed by atoms with van der Waals surface area (Å²) in [5.41, 5.74) is 0. The first-order valence-corrected chi connectivity index (χ1v) is 3.43. The van der Waals surface area contributed by atoms with E-state index in [9.17, 15) is 0 Å². The minimum Gasteiger partial charge on any atom is -0.305 e. The van der Waals surface area contributed by atoms with Crippen LogP contribution in [0, 0.1) is 12.3 Å². The molecule has 9 heavy (non-hydrogen) atoms. The van der Waals surface area contributed by atoms with Crippen LogP contribution in [0.25, 0.3) is 0 Å². The van der Waals surface area contributed by atoms with Crippen LogP contribution in [0.1, 0.15) is 19.8 Å². The molecule has 1 nitrogen and oxygen atoms in total. The Morgan fingerprint density at radius 2 is 2.11 bits per heavy atom. The highest BCUT2D eigenvalue weighted by Gasteiger charge is 1.91. The largest absolute Gasteiger partial charge is 0.305 e. The van der Waals surface area contributed by atoms with Crippen LogP contribution in [0.15, 0.2) is 0 Å². The van der Waals surface area contributed by atoms with Gasteiger partial charge in [-0.05, 0) is 20.0 Å². The smallest absolute Gasteiger partial charge is 0.0214 e. The monoisotopic (exact) mass is 125 g/mol. The highest BCUT2D eigenvalue weighted by Crippen LogP contribution is 1.87. The summed E-state index contributed by atoms with van der Waals surface area (Å²) >= 11 is 0. The molecule has 0 aliphatic carbocycles. The van der Waals surface area contributed by atoms with E-state index in [1.807, 2.05) is 0 Å². The van der Waals surface area contributed by atoms with Crippen molar-refractivity contribution in [3.05, 3.63) is 0 Å². The second-order valence-corrected chi connectivity index (χ2v) is 2.26. The Bertz CT molecular complexity index is 91.2. The predicted molar refractivity (Wildman–Crippen MR) is 41.2 cm³/mol. The zero-order valence-corrected chi connectivity index (χ0v) is 6.35. The molecule has 52 valence electrons. The van der Waals surface area contributed by atoms with Crippen molar-refractivity contribution < 1.29 is 0 Å². The summed E-state index contributed by atoms with van der Waals surface area (Å²) in [6.45, 7) is 4.36. The summed E-state index contributed by atoms with van der Waals surface area (Å²) in [6.07, 6.45) is 7.18. The SMILES string of the molecule is C#CCCN(C)CCC. The van der Waals surface area contributed by atoms with Gasteiger partial charge < -0.3 is 4.90 Å². The van der Waals surface area contributed by atoms with Gasteiger partial charge in [-0.3, -0.25) is 0 Å². The van der Waals surface area contributed by atoms with Gasteiger partial charge in [0.25, 0.3) is 0 Å². The first kappa shape index (κ1) is 8.52. The van der Waals surface area contributed by atoms with Crippen LogP contribution in [0.5, 0.6) is 0 Å². The lowest BCUT2D eigenvalue weighted by Crippen LogP contribution is -2.19. The first-order chi connectivity index (χ1) is 4.31. The third-order valence-corrected chi connectivity index (χ3v) is 1.24. The van der Waals surface area contributed by atoms with Crippen LogP contribution in [-0.4, -0.2) is 25.0 Å². The summed E-state index contributed by atoms with van der Waals surface area (Å²) in [7, 11) is 2.10. The molecule has 1 heteroatoms. The number of nitrogens with zero attached hydrogens (tertiary/aromatic N) is 1. The van der Waals surface area contributed by atoms with Crippen LogP contribution >= 0.6 is 0 Å². The van der Waals surface area contributed by atoms with Crippen molar-refractivity contribution in [2.45, 2.75) is 19.8 Å². The molecule has 0 aromatic carbocycles. The zero-order valence-electron chi connectivity index (χ0n) is 6.35. The molecule has 0 saturated carbocycles. The summed E-state index contributed by atoms with van der Waals surface area (Å²) in [5.74, 6) is 2.62. The van der Waals surface area contributed by atoms with E-state index in [0.717, 1.165) is 19.5 Å². The van der Waals surface area contributed by atoms with Crippen molar-refractivity contribution in [2.75, 3.05) is 20.1 Å². The molecule has 0 N–H and O–H groups in total. The molecule has 0 aromatic rings. The van der Waals surface area contributed by atoms with Crippen molar-refractivity contribution in [2.24, 2.45) is 0 Å². The standard InChI is InChI=1S/C8H15N/c1-4-6-8-9(3)7-5-2/h1H,5-8H2,2-3H3. The number of hydrogen-bond donors (Lipinski definition) is 0. The van der Waals surface area contributed by atoms with Gasteiger partial charge in [0.1, 0.15) is 0 Å². The molecule has 0 atom stereocenters. The lowest BCUT2D eigenvalue weighted by Gasteiger charge is -2.12. The molecular weight excluding hydrogens is 110 g/mol. The second kappa shape index (κ2) is 5.65. The van der Waals surface area contributed by atoms with Gasteiger partial charge in [0.05, 0.1) is 0 Å². The van der Waals surface area contributed by atoms with Gasteiger partial charge in [-0.1, -0.05) is 6.92 Å². The zero-order chi connectivity index (χ0) is 7.11. The van der Waals surface area contributed by atoms with Gasteiger partial charge in [-0.15, -0.1) is 12.3 Å². The topological polar surface area (TPSA) is 3.24 Å². The Kier molecular flexibility index (Phi) is 5.35. The van der Waals surface area contributed by atoms with Crippen molar-refractivity contribution >= 4 is 0 Å². The molecule has 0 aromatic heterocycles. The average molecular weight is 125 g/mol. The van der Waals surface area contributed by atoms with Gasteiger partial charge in [-0.2, -0.15) is 0 Å². The van der Waals surface area contributed by atoms with Crippen molar-refractivity contribution in [1.82, 2.24) is 4.90 Å². The van der Waals surface area contributed by atoms with Gasteiger partial charge in [0.2, 0.25) is 0 Å². The fraction of sp³-hybridized carbons (Fsp3) is 0.750. The van der Waals surface area contributed by atoms with Crippen molar-refractivity contribution in [3.63, 3.8) is 0 Å². The Balaban J connectivity index is 3.07. The highest BCUT2D eigenvalue weighted by molar-refractivity contribution is 4.84. The third kappa shape index (κ3) is 5.39. The van der Waals surface area contributed by atoms with Crippen LogP contribution in [0.4, 0.5) is 0 Å². The molecule has 0 amide bonds. The first-order valence-electron chi connectivity index (χ1n) is 3.43. The quantitative estimate of drug-likeness (QED) is 0.513. The minimum absolute atomic E-state index is 0.872. The van der Waals surface area contributed by atoms with Crippen LogP contribution < -0.4 is 0 Å². The van der Waals surface area contributed by atoms with Gasteiger partial charge in [0.15, 0.2) is 0 Å². The van der Waals surface area contributed by atoms with E-state index < -0.39 is 0 Å². The van der Waals surface area contributed by atoms with E-state index in [2.05, 4.69) is 24.8 Å². The van der Waals surface area contributed by atoms with E-state index in [1.54, 1.807) is 0 Å². The van der Waals surface area contributed by atoms with Crippen molar-refractivity contribution in [3.8, 4) is 12.3 Å². The molecule has 0 aliphatic heterocycles. The maximum Gasteiger partial charge on any atom is 0.0214 e. The normalized spacial score (nSPS) is 9.56. The summed E-state index contributed by atoms with van der Waals surface area (Å²) in [4.78, 5) is 2.25. The second-order valence-electron chi connectivity index (χ2n) is 2.26. The van der Waals surface area contributed by atoms with E-state index in [4.69, 9.17) is 6.42 Å². The van der Waals surface area contributed by atoms with Gasteiger partial charge in [0, 0.05) is 13.0 Å². The summed E-state index contributed by atoms with van der Waals surface area (Å²) in [6, 6.07) is 0. The van der Waals surface area contributed by atoms with E-state index >= 15 is 0 Å². The lowest BCUT2D eigenvalue weighted by atomic mass is 10.4. The van der Waals surface area contributed by atoms with Crippen LogP contribution in [0.3, 0.4) is 0 Å². The fourth-order valence-corrected chi connectivity index (χ4v) is 0.749. The van der Waals surface area contributed by atoms with Gasteiger partial charge in [-0.25, -0.2) is 0 Å². The number of hydrogen-bond acceptors (Lipinski definition) is 1. The number of terminal acetylenes is 1. The maximum atomic E-state index is 5.10. The molecule has 0 saturated heterocycles. The molecule has 0 unspecified atom stereocenters. The molecule has 0 rings (SSSR count). The molecule has 0 fully saturated rings. The molecule has 0 spiro atoms. The number of rotatable bonds is 4. The Morgan fingerprint density at radius 1 is 1.44 bits per heavy atom. The molecule has 0 aliphatic rings. The third-order valence-electron chi connectivity index (χ3n) is 1.24. The van der Waals surface area contributed by atoms with Gasteiger partial charge >= 0.3 is 0 Å².